The van der Waals surface area contributed by atoms with E-state index in [1.54, 1.807) is 7.11 Å². The number of likely N-dealkylation sites (N-methyl/N-ethyl adjacent to an activating group) is 1. The molecule has 5 heteroatoms. The number of aromatic nitrogens is 1. The van der Waals surface area contributed by atoms with E-state index < -0.39 is 0 Å². The van der Waals surface area contributed by atoms with Gasteiger partial charge in [0.25, 0.3) is 0 Å². The molecule has 1 fully saturated rings. The summed E-state index contributed by atoms with van der Waals surface area (Å²) in [7, 11) is 3.68. The topological polar surface area (TPSA) is 48.6 Å². The van der Waals surface area contributed by atoms with Gasteiger partial charge in [-0.25, -0.2) is 0 Å². The fraction of sp³-hybridized carbons (Fsp3) is 0.286. The quantitative estimate of drug-likeness (QED) is 0.770. The van der Waals surface area contributed by atoms with E-state index in [1.165, 1.54) is 10.9 Å². The van der Waals surface area contributed by atoms with Crippen LogP contribution in [-0.2, 0) is 11.2 Å². The van der Waals surface area contributed by atoms with Crippen LogP contribution in [-0.4, -0.2) is 47.9 Å². The van der Waals surface area contributed by atoms with Crippen LogP contribution in [0.15, 0.2) is 54.7 Å². The second-order valence-electron chi connectivity index (χ2n) is 6.80. The van der Waals surface area contributed by atoms with Gasteiger partial charge in [-0.3, -0.25) is 9.69 Å². The standard InChI is InChI=1S/C21H23N3O2/c1-23-14-20(25)24(12-10-15-3-6-18(26-2)7-4-15)21(23)17-5-8-19-16(13-17)9-11-22-19/h3-9,11,13,21-22H,10,12,14H2,1-2H3. The Morgan fingerprint density at radius 3 is 2.73 bits per heavy atom. The van der Waals surface area contributed by atoms with Gasteiger partial charge in [0, 0.05) is 18.3 Å². The average molecular weight is 349 g/mol. The van der Waals surface area contributed by atoms with Crippen molar-refractivity contribution >= 4 is 16.8 Å². The molecule has 26 heavy (non-hydrogen) atoms. The summed E-state index contributed by atoms with van der Waals surface area (Å²) in [5.74, 6) is 1.03. The predicted octanol–water partition coefficient (Wildman–Crippen LogP) is 3.19. The Balaban J connectivity index is 1.55. The summed E-state index contributed by atoms with van der Waals surface area (Å²) in [4.78, 5) is 19.9. The zero-order valence-electron chi connectivity index (χ0n) is 15.1. The van der Waals surface area contributed by atoms with Crippen LogP contribution in [0.25, 0.3) is 10.9 Å². The van der Waals surface area contributed by atoms with Gasteiger partial charge in [-0.15, -0.1) is 0 Å². The van der Waals surface area contributed by atoms with Gasteiger partial charge in [-0.1, -0.05) is 18.2 Å². The van der Waals surface area contributed by atoms with E-state index >= 15 is 0 Å². The maximum absolute atomic E-state index is 12.6. The maximum atomic E-state index is 12.6. The highest BCUT2D eigenvalue weighted by Gasteiger charge is 2.36. The van der Waals surface area contributed by atoms with Crippen LogP contribution in [0.2, 0.25) is 0 Å². The molecule has 0 aliphatic carbocycles. The zero-order valence-corrected chi connectivity index (χ0v) is 15.1. The fourth-order valence-corrected chi connectivity index (χ4v) is 3.72. The molecule has 0 saturated carbocycles. The van der Waals surface area contributed by atoms with Crippen molar-refractivity contribution < 1.29 is 9.53 Å². The number of benzene rings is 2. The summed E-state index contributed by atoms with van der Waals surface area (Å²) in [6.45, 7) is 1.16. The van der Waals surface area contributed by atoms with E-state index in [1.807, 2.05) is 30.3 Å². The summed E-state index contributed by atoms with van der Waals surface area (Å²) < 4.78 is 5.21. The molecule has 1 saturated heterocycles. The molecule has 1 aliphatic heterocycles. The first-order valence-electron chi connectivity index (χ1n) is 8.85. The first-order chi connectivity index (χ1) is 12.7. The third-order valence-electron chi connectivity index (χ3n) is 5.09. The van der Waals surface area contributed by atoms with Gasteiger partial charge >= 0.3 is 0 Å². The van der Waals surface area contributed by atoms with E-state index in [0.717, 1.165) is 23.3 Å². The normalized spacial score (nSPS) is 18.0. The molecule has 4 rings (SSSR count). The average Bonchev–Trinajstić information content (AvgIpc) is 3.23. The largest absolute Gasteiger partial charge is 0.497 e. The Morgan fingerprint density at radius 2 is 1.96 bits per heavy atom. The molecule has 2 heterocycles. The summed E-state index contributed by atoms with van der Waals surface area (Å²) in [6, 6.07) is 16.5. The highest BCUT2D eigenvalue weighted by molar-refractivity contribution is 5.83. The van der Waals surface area contributed by atoms with Crippen LogP contribution in [0.4, 0.5) is 0 Å². The van der Waals surface area contributed by atoms with Gasteiger partial charge in [0.05, 0.1) is 13.7 Å². The molecule has 134 valence electrons. The molecule has 0 radical (unpaired) electrons. The number of fused-ring (bicyclic) bond motifs is 1. The molecule has 1 N–H and O–H groups in total. The van der Waals surface area contributed by atoms with Crippen molar-refractivity contribution in [1.82, 2.24) is 14.8 Å². The monoisotopic (exact) mass is 349 g/mol. The van der Waals surface area contributed by atoms with Gasteiger partial charge in [0.15, 0.2) is 0 Å². The SMILES string of the molecule is COc1ccc(CCN2C(=O)CN(C)C2c2ccc3[nH]ccc3c2)cc1. The van der Waals surface area contributed by atoms with Crippen LogP contribution in [0.5, 0.6) is 5.75 Å². The Hall–Kier alpha value is -2.79. The predicted molar refractivity (Wildman–Crippen MR) is 102 cm³/mol. The van der Waals surface area contributed by atoms with Crippen molar-refractivity contribution in [2.75, 3.05) is 27.2 Å². The van der Waals surface area contributed by atoms with Crippen LogP contribution in [0.3, 0.4) is 0 Å². The lowest BCUT2D eigenvalue weighted by Crippen LogP contribution is -2.32. The Bertz CT molecular complexity index is 916. The number of H-pyrrole nitrogens is 1. The highest BCUT2D eigenvalue weighted by Crippen LogP contribution is 2.31. The molecule has 1 aliphatic rings. The van der Waals surface area contributed by atoms with E-state index in [9.17, 15) is 4.79 Å². The van der Waals surface area contributed by atoms with Crippen LogP contribution in [0.1, 0.15) is 17.3 Å². The Labute approximate surface area is 153 Å². The Morgan fingerprint density at radius 1 is 1.15 bits per heavy atom. The summed E-state index contributed by atoms with van der Waals surface area (Å²) in [6.07, 6.45) is 2.76. The molecule has 1 unspecified atom stereocenters. The highest BCUT2D eigenvalue weighted by atomic mass is 16.5. The van der Waals surface area contributed by atoms with Crippen molar-refractivity contribution in [3.8, 4) is 5.75 Å². The minimum Gasteiger partial charge on any atom is -0.497 e. The number of carbonyl (C=O) groups excluding carboxylic acids is 1. The number of hydrogen-bond donors (Lipinski definition) is 1. The van der Waals surface area contributed by atoms with Gasteiger partial charge in [-0.05, 0) is 60.3 Å². The van der Waals surface area contributed by atoms with E-state index in [-0.39, 0.29) is 12.1 Å². The number of rotatable bonds is 5. The lowest BCUT2D eigenvalue weighted by atomic mass is 10.1. The summed E-state index contributed by atoms with van der Waals surface area (Å²) >= 11 is 0. The van der Waals surface area contributed by atoms with E-state index in [2.05, 4.69) is 46.3 Å². The first kappa shape index (κ1) is 16.7. The number of hydrogen-bond acceptors (Lipinski definition) is 3. The lowest BCUT2D eigenvalue weighted by Gasteiger charge is -2.28. The lowest BCUT2D eigenvalue weighted by molar-refractivity contribution is -0.128. The van der Waals surface area contributed by atoms with Crippen LogP contribution >= 0.6 is 0 Å². The molecule has 1 amide bonds. The van der Waals surface area contributed by atoms with Gasteiger partial charge < -0.3 is 14.6 Å². The van der Waals surface area contributed by atoms with E-state index in [0.29, 0.717) is 13.1 Å². The molecule has 1 aromatic heterocycles. The molecule has 1 atom stereocenters. The molecular formula is C21H23N3O2. The van der Waals surface area contributed by atoms with Crippen molar-refractivity contribution in [2.24, 2.45) is 0 Å². The number of nitrogens with one attached hydrogen (secondary N) is 1. The second kappa shape index (κ2) is 6.84. The third kappa shape index (κ3) is 3.06. The third-order valence-corrected chi connectivity index (χ3v) is 5.09. The molecule has 3 aromatic rings. The number of amides is 1. The molecule has 5 nitrogen and oxygen atoms in total. The van der Waals surface area contributed by atoms with Crippen molar-refractivity contribution in [1.29, 1.82) is 0 Å². The van der Waals surface area contributed by atoms with Gasteiger partial charge in [0.2, 0.25) is 5.91 Å². The van der Waals surface area contributed by atoms with Crippen molar-refractivity contribution in [3.63, 3.8) is 0 Å². The van der Waals surface area contributed by atoms with Crippen molar-refractivity contribution in [3.05, 3.63) is 65.9 Å². The fourth-order valence-electron chi connectivity index (χ4n) is 3.72. The molecule has 0 bridgehead atoms. The maximum Gasteiger partial charge on any atom is 0.238 e. The molecule has 2 aromatic carbocycles. The van der Waals surface area contributed by atoms with Crippen LogP contribution in [0, 0.1) is 0 Å². The van der Waals surface area contributed by atoms with E-state index in [4.69, 9.17) is 4.74 Å². The van der Waals surface area contributed by atoms with Crippen molar-refractivity contribution in [2.45, 2.75) is 12.6 Å². The summed E-state index contributed by atoms with van der Waals surface area (Å²) in [5.41, 5.74) is 3.47. The number of aromatic amines is 1. The minimum atomic E-state index is -0.0138. The van der Waals surface area contributed by atoms with Gasteiger partial charge in [-0.2, -0.15) is 0 Å². The second-order valence-corrected chi connectivity index (χ2v) is 6.80. The summed E-state index contributed by atoms with van der Waals surface area (Å²) in [5, 5.41) is 1.17. The smallest absolute Gasteiger partial charge is 0.238 e. The van der Waals surface area contributed by atoms with Crippen LogP contribution < -0.4 is 4.74 Å². The molecule has 0 spiro atoms. The number of methoxy groups -OCH3 is 1. The number of ether oxygens (including phenoxy) is 1. The first-order valence-corrected chi connectivity index (χ1v) is 8.85. The Kier molecular flexibility index (Phi) is 4.39. The van der Waals surface area contributed by atoms with Gasteiger partial charge in [0.1, 0.15) is 11.9 Å². The molecular weight excluding hydrogens is 326 g/mol. The zero-order chi connectivity index (χ0) is 18.1. The number of nitrogens with zero attached hydrogens (tertiary/aromatic N) is 2. The number of carbonyl (C=O) groups is 1. The minimum absolute atomic E-state index is 0.0138.